The molecule has 0 atom stereocenters. The van der Waals surface area contributed by atoms with E-state index in [1.165, 1.54) is 5.56 Å². The zero-order chi connectivity index (χ0) is 28.5. The molecule has 5 heterocycles. The highest BCUT2D eigenvalue weighted by molar-refractivity contribution is 5.94. The van der Waals surface area contributed by atoms with Gasteiger partial charge < -0.3 is 5.73 Å². The second-order valence-electron chi connectivity index (χ2n) is 10.7. The number of benzene rings is 2. The highest BCUT2D eigenvalue weighted by Crippen LogP contribution is 2.34. The summed E-state index contributed by atoms with van der Waals surface area (Å²) in [5, 5.41) is 7.54. The Morgan fingerprint density at radius 2 is 1.69 bits per heavy atom. The fourth-order valence-electron chi connectivity index (χ4n) is 5.73. The fraction of sp³-hybridized carbons (Fsp3) is 0.182. The predicted molar refractivity (Wildman–Crippen MR) is 161 cm³/mol. The van der Waals surface area contributed by atoms with Crippen molar-refractivity contribution in [2.75, 3.05) is 13.1 Å². The Bertz CT molecular complexity index is 1840. The van der Waals surface area contributed by atoms with Gasteiger partial charge in [-0.1, -0.05) is 60.7 Å². The molecule has 42 heavy (non-hydrogen) atoms. The van der Waals surface area contributed by atoms with Crippen molar-refractivity contribution in [3.63, 3.8) is 0 Å². The molecule has 1 amide bonds. The van der Waals surface area contributed by atoms with Crippen molar-refractivity contribution in [3.8, 4) is 34.0 Å². The number of nitrogens with two attached hydrogens (primary N) is 1. The molecule has 0 unspecified atom stereocenters. The maximum atomic E-state index is 11.8. The van der Waals surface area contributed by atoms with E-state index >= 15 is 0 Å². The minimum atomic E-state index is -0.466. The van der Waals surface area contributed by atoms with Crippen molar-refractivity contribution in [2.45, 2.75) is 25.3 Å². The standard InChI is InChI=1S/C33H30N8O/c34-31(42)26-15-19-41-28(20-26)36-29(30(41)24-6-2-1-3-7-24)23-11-9-22(10-12-23)21-40-17-13-25(14-18-40)32-37-33(39-38-32)27-8-4-5-16-35-27/h1-12,15-16,19-20,25H,13-14,17-18,21H2,(H2,34,42)(H,37,38,39). The topological polar surface area (TPSA) is 118 Å². The van der Waals surface area contributed by atoms with Gasteiger partial charge in [0.2, 0.25) is 5.91 Å². The zero-order valence-corrected chi connectivity index (χ0v) is 23.0. The molecule has 1 fully saturated rings. The summed E-state index contributed by atoms with van der Waals surface area (Å²) >= 11 is 0. The summed E-state index contributed by atoms with van der Waals surface area (Å²) in [5.41, 5.74) is 12.6. The Labute approximate surface area is 243 Å². The molecule has 4 aromatic heterocycles. The van der Waals surface area contributed by atoms with Gasteiger partial charge in [0.15, 0.2) is 5.82 Å². The van der Waals surface area contributed by atoms with E-state index in [9.17, 15) is 4.79 Å². The summed E-state index contributed by atoms with van der Waals surface area (Å²) in [6.07, 6.45) is 5.69. The fourth-order valence-corrected chi connectivity index (χ4v) is 5.73. The minimum Gasteiger partial charge on any atom is -0.366 e. The van der Waals surface area contributed by atoms with Crippen LogP contribution < -0.4 is 5.73 Å². The highest BCUT2D eigenvalue weighted by atomic mass is 16.1. The van der Waals surface area contributed by atoms with Gasteiger partial charge in [-0.05, 0) is 55.8 Å². The second-order valence-corrected chi connectivity index (χ2v) is 10.7. The Kier molecular flexibility index (Phi) is 6.77. The molecular formula is C33H30N8O. The first-order chi connectivity index (χ1) is 20.6. The lowest BCUT2D eigenvalue weighted by Gasteiger charge is -2.30. The summed E-state index contributed by atoms with van der Waals surface area (Å²) in [4.78, 5) is 28.3. The third kappa shape index (κ3) is 5.06. The number of nitrogens with one attached hydrogen (secondary N) is 1. The molecular weight excluding hydrogens is 524 g/mol. The number of imidazole rings is 1. The Hall–Kier alpha value is -5.15. The van der Waals surface area contributed by atoms with Gasteiger partial charge in [0, 0.05) is 41.5 Å². The van der Waals surface area contributed by atoms with E-state index in [4.69, 9.17) is 15.7 Å². The van der Waals surface area contributed by atoms with E-state index in [1.807, 2.05) is 47.0 Å². The van der Waals surface area contributed by atoms with Crippen LogP contribution in [-0.2, 0) is 6.54 Å². The van der Waals surface area contributed by atoms with Crippen molar-refractivity contribution in [1.29, 1.82) is 0 Å². The van der Waals surface area contributed by atoms with Gasteiger partial charge >= 0.3 is 0 Å². The van der Waals surface area contributed by atoms with Crippen LogP contribution in [0.25, 0.3) is 39.7 Å². The number of likely N-dealkylation sites (tertiary alicyclic amines) is 1. The third-order valence-corrected chi connectivity index (χ3v) is 7.96. The van der Waals surface area contributed by atoms with Crippen LogP contribution >= 0.6 is 0 Å². The van der Waals surface area contributed by atoms with E-state index < -0.39 is 5.91 Å². The van der Waals surface area contributed by atoms with Crippen molar-refractivity contribution in [3.05, 3.63) is 114 Å². The first kappa shape index (κ1) is 25.8. The number of carbonyl (C=O) groups excluding carboxylic acids is 1. The summed E-state index contributed by atoms with van der Waals surface area (Å²) in [7, 11) is 0. The number of fused-ring (bicyclic) bond motifs is 1. The molecule has 0 bridgehead atoms. The predicted octanol–water partition coefficient (Wildman–Crippen LogP) is 5.33. The molecule has 9 nitrogen and oxygen atoms in total. The van der Waals surface area contributed by atoms with Gasteiger partial charge in [0.05, 0.1) is 11.4 Å². The maximum absolute atomic E-state index is 11.8. The Morgan fingerprint density at radius 1 is 0.905 bits per heavy atom. The van der Waals surface area contributed by atoms with Crippen molar-refractivity contribution in [2.24, 2.45) is 5.73 Å². The van der Waals surface area contributed by atoms with Crippen LogP contribution in [0.1, 0.15) is 40.5 Å². The molecule has 208 valence electrons. The number of amides is 1. The number of hydrogen-bond acceptors (Lipinski definition) is 6. The van der Waals surface area contributed by atoms with Crippen LogP contribution in [0.4, 0.5) is 0 Å². The normalized spacial score (nSPS) is 14.4. The van der Waals surface area contributed by atoms with E-state index in [-0.39, 0.29) is 0 Å². The Balaban J connectivity index is 1.06. The lowest BCUT2D eigenvalue weighted by molar-refractivity contribution is 0.1000. The third-order valence-electron chi connectivity index (χ3n) is 7.96. The minimum absolute atomic E-state index is 0.370. The first-order valence-electron chi connectivity index (χ1n) is 14.1. The number of H-pyrrole nitrogens is 1. The number of aromatic amines is 1. The maximum Gasteiger partial charge on any atom is 0.248 e. The molecule has 3 N–H and O–H groups in total. The van der Waals surface area contributed by atoms with Gasteiger partial charge in [-0.2, -0.15) is 5.10 Å². The number of piperidine rings is 1. The van der Waals surface area contributed by atoms with Crippen LogP contribution in [0.3, 0.4) is 0 Å². The van der Waals surface area contributed by atoms with Gasteiger partial charge in [-0.15, -0.1) is 0 Å². The van der Waals surface area contributed by atoms with Crippen LogP contribution in [0.15, 0.2) is 97.3 Å². The van der Waals surface area contributed by atoms with Crippen molar-refractivity contribution < 1.29 is 4.79 Å². The SMILES string of the molecule is NC(=O)c1ccn2c(-c3ccccc3)c(-c3ccc(CN4CCC(c5nc(-c6ccccn6)n[nH]5)CC4)cc3)nc2c1. The van der Waals surface area contributed by atoms with E-state index in [0.717, 1.165) is 66.5 Å². The van der Waals surface area contributed by atoms with Gasteiger partial charge in [0.25, 0.3) is 0 Å². The molecule has 1 saturated heterocycles. The number of aromatic nitrogens is 6. The quantitative estimate of drug-likeness (QED) is 0.276. The summed E-state index contributed by atoms with van der Waals surface area (Å²) in [6, 6.07) is 28.1. The second kappa shape index (κ2) is 11.0. The van der Waals surface area contributed by atoms with Gasteiger partial charge in [-0.3, -0.25) is 24.2 Å². The largest absolute Gasteiger partial charge is 0.366 e. The number of primary amides is 1. The molecule has 6 aromatic rings. The smallest absolute Gasteiger partial charge is 0.248 e. The number of carbonyl (C=O) groups is 1. The monoisotopic (exact) mass is 554 g/mol. The average Bonchev–Trinajstić information content (AvgIpc) is 3.68. The average molecular weight is 555 g/mol. The number of pyridine rings is 2. The molecule has 1 aliphatic heterocycles. The molecule has 0 aliphatic carbocycles. The van der Waals surface area contributed by atoms with Crippen molar-refractivity contribution in [1.82, 2.24) is 34.4 Å². The van der Waals surface area contributed by atoms with Gasteiger partial charge in [-0.25, -0.2) is 9.97 Å². The molecule has 0 radical (unpaired) electrons. The number of hydrogen-bond donors (Lipinski definition) is 2. The summed E-state index contributed by atoms with van der Waals surface area (Å²) in [5.74, 6) is 1.51. The molecule has 0 saturated carbocycles. The van der Waals surface area contributed by atoms with Crippen LogP contribution in [-0.4, -0.2) is 53.4 Å². The number of rotatable bonds is 7. The van der Waals surface area contributed by atoms with E-state index in [0.29, 0.717) is 23.0 Å². The van der Waals surface area contributed by atoms with Crippen LogP contribution in [0, 0.1) is 0 Å². The van der Waals surface area contributed by atoms with E-state index in [1.54, 1.807) is 18.3 Å². The van der Waals surface area contributed by atoms with Crippen LogP contribution in [0.2, 0.25) is 0 Å². The zero-order valence-electron chi connectivity index (χ0n) is 23.0. The lowest BCUT2D eigenvalue weighted by Crippen LogP contribution is -2.32. The Morgan fingerprint density at radius 3 is 2.43 bits per heavy atom. The van der Waals surface area contributed by atoms with E-state index in [2.05, 4.69) is 56.5 Å². The van der Waals surface area contributed by atoms with Crippen LogP contribution in [0.5, 0.6) is 0 Å². The molecule has 1 aliphatic rings. The van der Waals surface area contributed by atoms with Gasteiger partial charge in [0.1, 0.15) is 17.2 Å². The summed E-state index contributed by atoms with van der Waals surface area (Å²) < 4.78 is 2.02. The molecule has 7 rings (SSSR count). The van der Waals surface area contributed by atoms with Crippen molar-refractivity contribution >= 4 is 11.6 Å². The lowest BCUT2D eigenvalue weighted by atomic mass is 9.95. The molecule has 0 spiro atoms. The molecule has 2 aromatic carbocycles. The summed E-state index contributed by atoms with van der Waals surface area (Å²) in [6.45, 7) is 2.89. The highest BCUT2D eigenvalue weighted by Gasteiger charge is 2.24. The number of nitrogens with zero attached hydrogens (tertiary/aromatic N) is 6. The first-order valence-corrected chi connectivity index (χ1v) is 14.1. The molecule has 9 heteroatoms.